The summed E-state index contributed by atoms with van der Waals surface area (Å²) < 4.78 is 7.66. The standard InChI is InChI=1S/C40H45N9O8/c1-2-3-20-47(24-26-10-12-27(13-11-26)36(51)45-56)40(55)42-28-14-16-30(17-15-28)57-22-6-4-5-21-48-25-29(44-46-48)23-41-32-9-7-8-31-35(32)39(54)49(38(31)53)33-18-19-34(50)43-37(33)52/h7-17,25,33,41,56H,2-6,18-24H2,1H3,(H,42,55)(H,45,51)(H,43,50,52)/t33-/m1/s1. The molecule has 1 aromatic heterocycles. The lowest BCUT2D eigenvalue weighted by Gasteiger charge is -2.27. The Kier molecular flexibility index (Phi) is 13.2. The highest BCUT2D eigenvalue weighted by Crippen LogP contribution is 2.32. The zero-order valence-electron chi connectivity index (χ0n) is 31.5. The summed E-state index contributed by atoms with van der Waals surface area (Å²) >= 11 is 0. The van der Waals surface area contributed by atoms with Gasteiger partial charge in [0.1, 0.15) is 17.5 Å². The molecule has 0 aliphatic carbocycles. The van der Waals surface area contributed by atoms with Gasteiger partial charge in [0.15, 0.2) is 0 Å². The smallest absolute Gasteiger partial charge is 0.322 e. The first-order valence-electron chi connectivity index (χ1n) is 18.9. The first-order valence-corrected chi connectivity index (χ1v) is 18.9. The normalized spacial score (nSPS) is 14.9. The van der Waals surface area contributed by atoms with Crippen molar-refractivity contribution in [3.05, 3.63) is 101 Å². The van der Waals surface area contributed by atoms with Crippen LogP contribution in [0.4, 0.5) is 16.2 Å². The number of anilines is 2. The quantitative estimate of drug-likeness (QED) is 0.0410. The van der Waals surface area contributed by atoms with Gasteiger partial charge < -0.3 is 20.3 Å². The average molecular weight is 780 g/mol. The Bertz CT molecular complexity index is 2100. The van der Waals surface area contributed by atoms with Crippen LogP contribution in [-0.2, 0) is 29.2 Å². The summed E-state index contributed by atoms with van der Waals surface area (Å²) in [4.78, 5) is 77.9. The van der Waals surface area contributed by atoms with Gasteiger partial charge in [0.2, 0.25) is 11.8 Å². The molecule has 1 saturated heterocycles. The highest BCUT2D eigenvalue weighted by atomic mass is 16.5. The zero-order chi connectivity index (χ0) is 40.3. The Morgan fingerprint density at radius 1 is 0.965 bits per heavy atom. The number of imide groups is 2. The van der Waals surface area contributed by atoms with Crippen LogP contribution in [-0.4, -0.2) is 84.8 Å². The molecule has 0 radical (unpaired) electrons. The minimum absolute atomic E-state index is 0.0502. The van der Waals surface area contributed by atoms with Crippen LogP contribution in [0.2, 0.25) is 0 Å². The Morgan fingerprint density at radius 3 is 2.49 bits per heavy atom. The number of fused-ring (bicyclic) bond motifs is 1. The van der Waals surface area contributed by atoms with Gasteiger partial charge >= 0.3 is 6.03 Å². The number of hydroxylamine groups is 1. The van der Waals surface area contributed by atoms with Gasteiger partial charge in [-0.3, -0.25) is 44.1 Å². The molecular formula is C40H45N9O8. The lowest BCUT2D eigenvalue weighted by molar-refractivity contribution is -0.136. The Labute approximate surface area is 328 Å². The summed E-state index contributed by atoms with van der Waals surface area (Å²) in [6.45, 7) is 4.41. The van der Waals surface area contributed by atoms with Crippen molar-refractivity contribution in [1.29, 1.82) is 0 Å². The average Bonchev–Trinajstić information content (AvgIpc) is 3.78. The largest absolute Gasteiger partial charge is 0.494 e. The summed E-state index contributed by atoms with van der Waals surface area (Å²) in [5.74, 6) is -2.14. The topological polar surface area (TPSA) is 217 Å². The van der Waals surface area contributed by atoms with Crippen molar-refractivity contribution in [1.82, 2.24) is 35.6 Å². The maximum Gasteiger partial charge on any atom is 0.322 e. The van der Waals surface area contributed by atoms with Crippen LogP contribution in [0.3, 0.4) is 0 Å². The lowest BCUT2D eigenvalue weighted by Crippen LogP contribution is -2.54. The summed E-state index contributed by atoms with van der Waals surface area (Å²) in [7, 11) is 0. The van der Waals surface area contributed by atoms with Crippen LogP contribution < -0.4 is 26.2 Å². The predicted molar refractivity (Wildman–Crippen MR) is 206 cm³/mol. The Hall–Kier alpha value is -6.62. The van der Waals surface area contributed by atoms with E-state index < -0.39 is 35.6 Å². The number of hydrogen-bond donors (Lipinski definition) is 5. The fraction of sp³-hybridized carbons (Fsp3) is 0.350. The molecule has 17 nitrogen and oxygen atoms in total. The molecule has 0 spiro atoms. The van der Waals surface area contributed by atoms with Crippen molar-refractivity contribution in [2.45, 2.75) is 77.5 Å². The molecule has 298 valence electrons. The van der Waals surface area contributed by atoms with Crippen LogP contribution >= 0.6 is 0 Å². The van der Waals surface area contributed by atoms with Gasteiger partial charge in [-0.05, 0) is 86.2 Å². The molecule has 2 aliphatic heterocycles. The van der Waals surface area contributed by atoms with Gasteiger partial charge in [-0.2, -0.15) is 0 Å². The van der Waals surface area contributed by atoms with Crippen molar-refractivity contribution in [2.75, 3.05) is 23.8 Å². The second-order valence-corrected chi connectivity index (χ2v) is 13.8. The van der Waals surface area contributed by atoms with E-state index >= 15 is 0 Å². The van der Waals surface area contributed by atoms with Gasteiger partial charge in [0.05, 0.1) is 30.5 Å². The number of carbonyl (C=O) groups is 6. The highest BCUT2D eigenvalue weighted by molar-refractivity contribution is 6.25. The number of rotatable bonds is 18. The van der Waals surface area contributed by atoms with E-state index in [9.17, 15) is 28.8 Å². The molecule has 0 saturated carbocycles. The van der Waals surface area contributed by atoms with Gasteiger partial charge in [0, 0.05) is 43.0 Å². The predicted octanol–water partition coefficient (Wildman–Crippen LogP) is 4.49. The van der Waals surface area contributed by atoms with Crippen LogP contribution in [0.25, 0.3) is 0 Å². The summed E-state index contributed by atoms with van der Waals surface area (Å²) in [5, 5.41) is 25.6. The molecular weight excluding hydrogens is 734 g/mol. The van der Waals surface area contributed by atoms with E-state index in [4.69, 9.17) is 9.94 Å². The molecule has 0 bridgehead atoms. The van der Waals surface area contributed by atoms with E-state index in [1.807, 2.05) is 18.3 Å². The number of nitrogens with zero attached hydrogens (tertiary/aromatic N) is 5. The zero-order valence-corrected chi connectivity index (χ0v) is 31.5. The number of aromatic nitrogens is 3. The van der Waals surface area contributed by atoms with E-state index in [2.05, 4.69) is 33.2 Å². The molecule has 3 heterocycles. The molecule has 1 fully saturated rings. The van der Waals surface area contributed by atoms with Crippen LogP contribution in [0, 0.1) is 0 Å². The van der Waals surface area contributed by atoms with Crippen molar-refractivity contribution in [3.63, 3.8) is 0 Å². The van der Waals surface area contributed by atoms with E-state index in [1.54, 1.807) is 69.7 Å². The van der Waals surface area contributed by atoms with Crippen molar-refractivity contribution < 1.29 is 38.7 Å². The monoisotopic (exact) mass is 779 g/mol. The lowest BCUT2D eigenvalue weighted by atomic mass is 10.0. The van der Waals surface area contributed by atoms with Crippen molar-refractivity contribution in [2.24, 2.45) is 0 Å². The molecule has 57 heavy (non-hydrogen) atoms. The van der Waals surface area contributed by atoms with Gasteiger partial charge in [-0.25, -0.2) is 10.3 Å². The summed E-state index contributed by atoms with van der Waals surface area (Å²) in [6, 6.07) is 17.5. The molecule has 2 aliphatic rings. The SMILES string of the molecule is CCCCN(Cc1ccc(C(=O)NO)cc1)C(=O)Nc1ccc(OCCCCCn2cc(CNc3cccc4c3C(=O)N([C@@H]3CCC(=O)NC3=O)C4=O)nn2)cc1. The molecule has 1 atom stereocenters. The van der Waals surface area contributed by atoms with E-state index in [-0.39, 0.29) is 36.5 Å². The van der Waals surface area contributed by atoms with Crippen LogP contribution in [0.1, 0.15) is 94.2 Å². The fourth-order valence-corrected chi connectivity index (χ4v) is 6.60. The fourth-order valence-electron chi connectivity index (χ4n) is 6.60. The van der Waals surface area contributed by atoms with Crippen LogP contribution in [0.15, 0.2) is 72.9 Å². The third-order valence-electron chi connectivity index (χ3n) is 9.68. The molecule has 6 rings (SSSR count). The molecule has 4 aromatic rings. The number of unbranched alkanes of at least 4 members (excludes halogenated alkanes) is 3. The number of aryl methyl sites for hydroxylation is 1. The van der Waals surface area contributed by atoms with Crippen LogP contribution in [0.5, 0.6) is 5.75 Å². The second kappa shape index (κ2) is 18.8. The van der Waals surface area contributed by atoms with Gasteiger partial charge in [-0.15, -0.1) is 5.10 Å². The number of nitrogens with one attached hydrogen (secondary N) is 4. The summed E-state index contributed by atoms with van der Waals surface area (Å²) in [5.41, 5.74) is 4.89. The Morgan fingerprint density at radius 2 is 1.75 bits per heavy atom. The number of hydrogen-bond acceptors (Lipinski definition) is 11. The van der Waals surface area contributed by atoms with Gasteiger partial charge in [0.25, 0.3) is 17.7 Å². The number of benzene rings is 3. The molecule has 0 unspecified atom stereocenters. The molecule has 5 N–H and O–H groups in total. The van der Waals surface area contributed by atoms with Gasteiger partial charge in [-0.1, -0.05) is 36.8 Å². The number of carbonyl (C=O) groups excluding carboxylic acids is 6. The number of ether oxygens (including phenoxy) is 1. The maximum atomic E-state index is 13.3. The number of piperidine rings is 1. The third-order valence-corrected chi connectivity index (χ3v) is 9.68. The van der Waals surface area contributed by atoms with E-state index in [0.717, 1.165) is 42.6 Å². The second-order valence-electron chi connectivity index (χ2n) is 13.8. The minimum atomic E-state index is -1.04. The molecule has 7 amide bonds. The molecule has 17 heteroatoms. The minimum Gasteiger partial charge on any atom is -0.494 e. The van der Waals surface area contributed by atoms with E-state index in [0.29, 0.717) is 54.6 Å². The number of amides is 7. The first kappa shape index (κ1) is 40.1. The van der Waals surface area contributed by atoms with E-state index in [1.165, 1.54) is 0 Å². The molecule has 3 aromatic carbocycles. The highest BCUT2D eigenvalue weighted by Gasteiger charge is 2.45. The third kappa shape index (κ3) is 9.98. The van der Waals surface area contributed by atoms with Crippen molar-refractivity contribution in [3.8, 4) is 5.75 Å². The summed E-state index contributed by atoms with van der Waals surface area (Å²) in [6.07, 6.45) is 6.28. The number of urea groups is 1. The Balaban J connectivity index is 0.902. The van der Waals surface area contributed by atoms with Crippen molar-refractivity contribution >= 4 is 46.9 Å². The maximum absolute atomic E-state index is 13.3. The first-order chi connectivity index (χ1) is 27.6.